The molecule has 0 aromatic carbocycles. The van der Waals surface area contributed by atoms with Gasteiger partial charge >= 0.3 is 0 Å². The first kappa shape index (κ1) is 13.8. The number of nitrogens with one attached hydrogen (secondary N) is 1. The highest BCUT2D eigenvalue weighted by Gasteiger charge is 2.26. The van der Waals surface area contributed by atoms with Crippen LogP contribution in [0.3, 0.4) is 0 Å². The van der Waals surface area contributed by atoms with Crippen molar-refractivity contribution in [2.24, 2.45) is 0 Å². The summed E-state index contributed by atoms with van der Waals surface area (Å²) in [6.45, 7) is 7.96. The third-order valence-corrected chi connectivity index (χ3v) is 5.09. The summed E-state index contributed by atoms with van der Waals surface area (Å²) in [5, 5.41) is 3.74. The minimum Gasteiger partial charge on any atom is -0.312 e. The molecule has 19 heavy (non-hydrogen) atoms. The first-order valence-electron chi connectivity index (χ1n) is 8.61. The SMILES string of the molecule is C1CCN(CCCN2CCCC2)C(CNC2CC2)C1. The zero-order valence-corrected chi connectivity index (χ0v) is 12.4. The Morgan fingerprint density at radius 2 is 1.63 bits per heavy atom. The van der Waals surface area contributed by atoms with Gasteiger partial charge in [-0.25, -0.2) is 0 Å². The van der Waals surface area contributed by atoms with E-state index < -0.39 is 0 Å². The Morgan fingerprint density at radius 3 is 2.42 bits per heavy atom. The molecule has 2 aliphatic heterocycles. The summed E-state index contributed by atoms with van der Waals surface area (Å²) in [5.74, 6) is 0. The predicted molar refractivity (Wildman–Crippen MR) is 80.5 cm³/mol. The van der Waals surface area contributed by atoms with E-state index in [0.29, 0.717) is 0 Å². The molecule has 1 unspecified atom stereocenters. The minimum atomic E-state index is 0.827. The van der Waals surface area contributed by atoms with Gasteiger partial charge in [-0.2, -0.15) is 0 Å². The number of hydrogen-bond acceptors (Lipinski definition) is 3. The van der Waals surface area contributed by atoms with Crippen LogP contribution in [0.25, 0.3) is 0 Å². The highest BCUT2D eigenvalue weighted by molar-refractivity contribution is 4.85. The van der Waals surface area contributed by atoms with Gasteiger partial charge in [-0.05, 0) is 77.7 Å². The van der Waals surface area contributed by atoms with Crippen LogP contribution >= 0.6 is 0 Å². The van der Waals surface area contributed by atoms with Crippen molar-refractivity contribution in [3.63, 3.8) is 0 Å². The summed E-state index contributed by atoms with van der Waals surface area (Å²) in [7, 11) is 0. The third kappa shape index (κ3) is 4.44. The molecule has 1 saturated carbocycles. The zero-order chi connectivity index (χ0) is 12.9. The second kappa shape index (κ2) is 7.05. The number of piperidine rings is 1. The number of likely N-dealkylation sites (tertiary alicyclic amines) is 2. The first-order chi connectivity index (χ1) is 9.42. The Kier molecular flexibility index (Phi) is 5.14. The van der Waals surface area contributed by atoms with Crippen LogP contribution in [0.5, 0.6) is 0 Å². The molecule has 2 saturated heterocycles. The fourth-order valence-corrected chi connectivity index (χ4v) is 3.68. The Balaban J connectivity index is 1.35. The van der Waals surface area contributed by atoms with E-state index in [1.807, 2.05) is 0 Å². The molecule has 1 atom stereocenters. The van der Waals surface area contributed by atoms with Crippen molar-refractivity contribution in [1.29, 1.82) is 0 Å². The van der Waals surface area contributed by atoms with Crippen molar-refractivity contribution < 1.29 is 0 Å². The standard InChI is InChI=1S/C16H31N3/c1-2-12-19(13-5-11-18-9-3-4-10-18)16(6-1)14-17-15-7-8-15/h15-17H,1-14H2. The van der Waals surface area contributed by atoms with E-state index in [1.54, 1.807) is 0 Å². The van der Waals surface area contributed by atoms with E-state index in [2.05, 4.69) is 15.1 Å². The van der Waals surface area contributed by atoms with Gasteiger partial charge in [0.15, 0.2) is 0 Å². The van der Waals surface area contributed by atoms with Gasteiger partial charge in [-0.1, -0.05) is 6.42 Å². The quantitative estimate of drug-likeness (QED) is 0.760. The molecule has 1 N–H and O–H groups in total. The number of rotatable bonds is 7. The molecule has 0 aromatic rings. The van der Waals surface area contributed by atoms with E-state index in [-0.39, 0.29) is 0 Å². The zero-order valence-electron chi connectivity index (χ0n) is 12.4. The summed E-state index contributed by atoms with van der Waals surface area (Å²) in [6.07, 6.45) is 11.4. The Hall–Kier alpha value is -0.120. The van der Waals surface area contributed by atoms with Crippen molar-refractivity contribution in [2.45, 2.75) is 63.5 Å². The molecule has 3 fully saturated rings. The first-order valence-corrected chi connectivity index (χ1v) is 8.61. The van der Waals surface area contributed by atoms with Crippen molar-refractivity contribution in [3.8, 4) is 0 Å². The molecular weight excluding hydrogens is 234 g/mol. The molecule has 0 spiro atoms. The lowest BCUT2D eigenvalue weighted by Crippen LogP contribution is -2.46. The summed E-state index contributed by atoms with van der Waals surface area (Å²) in [5.41, 5.74) is 0. The van der Waals surface area contributed by atoms with E-state index in [9.17, 15) is 0 Å². The molecule has 0 bridgehead atoms. The van der Waals surface area contributed by atoms with E-state index in [1.165, 1.54) is 90.6 Å². The molecule has 0 amide bonds. The molecule has 3 aliphatic rings. The maximum atomic E-state index is 3.74. The van der Waals surface area contributed by atoms with Gasteiger partial charge in [0.25, 0.3) is 0 Å². The average molecular weight is 265 g/mol. The van der Waals surface area contributed by atoms with Crippen LogP contribution in [-0.4, -0.2) is 61.2 Å². The van der Waals surface area contributed by atoms with Gasteiger partial charge < -0.3 is 10.2 Å². The van der Waals surface area contributed by atoms with Gasteiger partial charge in [0.1, 0.15) is 0 Å². The van der Waals surface area contributed by atoms with Crippen molar-refractivity contribution in [2.75, 3.05) is 39.3 Å². The van der Waals surface area contributed by atoms with Crippen molar-refractivity contribution in [1.82, 2.24) is 15.1 Å². The second-order valence-corrected chi connectivity index (χ2v) is 6.77. The lowest BCUT2D eigenvalue weighted by molar-refractivity contribution is 0.138. The van der Waals surface area contributed by atoms with Crippen LogP contribution in [0.2, 0.25) is 0 Å². The van der Waals surface area contributed by atoms with Crippen LogP contribution in [0.1, 0.15) is 51.4 Å². The van der Waals surface area contributed by atoms with Crippen LogP contribution in [0.4, 0.5) is 0 Å². The largest absolute Gasteiger partial charge is 0.312 e. The molecule has 1 aliphatic carbocycles. The fourth-order valence-electron chi connectivity index (χ4n) is 3.68. The lowest BCUT2D eigenvalue weighted by atomic mass is 10.0. The Labute approximate surface area is 118 Å². The topological polar surface area (TPSA) is 18.5 Å². The number of hydrogen-bond donors (Lipinski definition) is 1. The van der Waals surface area contributed by atoms with Crippen LogP contribution in [0.15, 0.2) is 0 Å². The predicted octanol–water partition coefficient (Wildman–Crippen LogP) is 2.08. The molecule has 3 heteroatoms. The fraction of sp³-hybridized carbons (Fsp3) is 1.00. The summed E-state index contributed by atoms with van der Waals surface area (Å²) in [6, 6.07) is 1.70. The van der Waals surface area contributed by atoms with Crippen molar-refractivity contribution >= 4 is 0 Å². The highest BCUT2D eigenvalue weighted by Crippen LogP contribution is 2.21. The van der Waals surface area contributed by atoms with Gasteiger partial charge in [0, 0.05) is 18.6 Å². The molecule has 0 aromatic heterocycles. The monoisotopic (exact) mass is 265 g/mol. The van der Waals surface area contributed by atoms with Crippen molar-refractivity contribution in [3.05, 3.63) is 0 Å². The van der Waals surface area contributed by atoms with Gasteiger partial charge in [-0.3, -0.25) is 4.90 Å². The van der Waals surface area contributed by atoms with Crippen LogP contribution < -0.4 is 5.32 Å². The van der Waals surface area contributed by atoms with E-state index in [0.717, 1.165) is 12.1 Å². The summed E-state index contributed by atoms with van der Waals surface area (Å²) >= 11 is 0. The smallest absolute Gasteiger partial charge is 0.0220 e. The molecule has 2 heterocycles. The molecule has 3 nitrogen and oxygen atoms in total. The lowest BCUT2D eigenvalue weighted by Gasteiger charge is -2.36. The third-order valence-electron chi connectivity index (χ3n) is 5.09. The molecule has 3 rings (SSSR count). The maximum Gasteiger partial charge on any atom is 0.0220 e. The summed E-state index contributed by atoms with van der Waals surface area (Å²) in [4.78, 5) is 5.43. The summed E-state index contributed by atoms with van der Waals surface area (Å²) < 4.78 is 0. The Morgan fingerprint density at radius 1 is 0.842 bits per heavy atom. The minimum absolute atomic E-state index is 0.827. The van der Waals surface area contributed by atoms with E-state index >= 15 is 0 Å². The maximum absolute atomic E-state index is 3.74. The molecule has 110 valence electrons. The van der Waals surface area contributed by atoms with Gasteiger partial charge in [-0.15, -0.1) is 0 Å². The highest BCUT2D eigenvalue weighted by atomic mass is 15.2. The van der Waals surface area contributed by atoms with E-state index in [4.69, 9.17) is 0 Å². The second-order valence-electron chi connectivity index (χ2n) is 6.77. The van der Waals surface area contributed by atoms with Gasteiger partial charge in [0.05, 0.1) is 0 Å². The molecular formula is C16H31N3. The molecule has 0 radical (unpaired) electrons. The average Bonchev–Trinajstić information content (AvgIpc) is 3.13. The normalized spacial score (nSPS) is 30.0. The number of nitrogens with zero attached hydrogens (tertiary/aromatic N) is 2. The Bertz CT molecular complexity index is 259. The van der Waals surface area contributed by atoms with Crippen LogP contribution in [-0.2, 0) is 0 Å². The van der Waals surface area contributed by atoms with Gasteiger partial charge in [0.2, 0.25) is 0 Å². The van der Waals surface area contributed by atoms with Crippen LogP contribution in [0, 0.1) is 0 Å².